The van der Waals surface area contributed by atoms with E-state index in [1.165, 1.54) is 32.4 Å². The van der Waals surface area contributed by atoms with Gasteiger partial charge in [-0.2, -0.15) is 0 Å². The van der Waals surface area contributed by atoms with Crippen LogP contribution in [-0.4, -0.2) is 89.9 Å². The molecule has 1 unspecified atom stereocenters. The fourth-order valence-electron chi connectivity index (χ4n) is 6.29. The van der Waals surface area contributed by atoms with Gasteiger partial charge in [-0.1, -0.05) is 64.6 Å². The van der Waals surface area contributed by atoms with Crippen LogP contribution < -0.4 is 11.1 Å². The average molecular weight is 688 g/mol. The molecule has 11 heteroatoms. The van der Waals surface area contributed by atoms with Crippen molar-refractivity contribution in [1.29, 1.82) is 0 Å². The van der Waals surface area contributed by atoms with E-state index in [2.05, 4.69) is 26.1 Å². The van der Waals surface area contributed by atoms with Crippen LogP contribution in [0.2, 0.25) is 5.02 Å². The highest BCUT2D eigenvalue weighted by molar-refractivity contribution is 9.10. The molecule has 4 atom stereocenters. The molecule has 5 rings (SSSR count). The third kappa shape index (κ3) is 8.53. The molecule has 2 saturated heterocycles. The summed E-state index contributed by atoms with van der Waals surface area (Å²) in [4.78, 5) is 38.3. The molecule has 0 aliphatic carbocycles. The number of hydrogen-bond acceptors (Lipinski definition) is 7. The first-order chi connectivity index (χ1) is 21.3. The number of hydrogen-bond donors (Lipinski definition) is 2. The summed E-state index contributed by atoms with van der Waals surface area (Å²) in [5.41, 5.74) is 8.38. The highest BCUT2D eigenvalue weighted by Gasteiger charge is 2.41. The molecule has 0 saturated carbocycles. The zero-order chi connectivity index (χ0) is 31.1. The van der Waals surface area contributed by atoms with Crippen molar-refractivity contribution in [1.82, 2.24) is 20.0 Å². The van der Waals surface area contributed by atoms with Crippen molar-refractivity contribution in [2.75, 3.05) is 39.3 Å². The molecule has 44 heavy (non-hydrogen) atoms. The normalized spacial score (nSPS) is 23.2. The average Bonchev–Trinajstić information content (AvgIpc) is 3.43. The summed E-state index contributed by atoms with van der Waals surface area (Å²) < 4.78 is 7.34. The van der Waals surface area contributed by atoms with E-state index >= 15 is 0 Å². The van der Waals surface area contributed by atoms with E-state index in [-0.39, 0.29) is 30.5 Å². The van der Waals surface area contributed by atoms with Crippen LogP contribution >= 0.6 is 27.5 Å². The Bertz CT molecular complexity index is 1320. The van der Waals surface area contributed by atoms with Gasteiger partial charge in [0.2, 0.25) is 11.8 Å². The highest BCUT2D eigenvalue weighted by Crippen LogP contribution is 2.32. The number of halogens is 2. The third-order valence-electron chi connectivity index (χ3n) is 8.76. The van der Waals surface area contributed by atoms with Crippen molar-refractivity contribution < 1.29 is 14.3 Å². The Morgan fingerprint density at radius 3 is 2.66 bits per heavy atom. The first-order valence-electron chi connectivity index (χ1n) is 15.8. The number of nitrogens with two attached hydrogens (primary N) is 1. The van der Waals surface area contributed by atoms with Gasteiger partial charge in [-0.15, -0.1) is 0 Å². The minimum atomic E-state index is -0.735. The summed E-state index contributed by atoms with van der Waals surface area (Å²) in [7, 11) is 0. The molecule has 3 aliphatic rings. The summed E-state index contributed by atoms with van der Waals surface area (Å²) in [6.07, 6.45) is 6.14. The number of nitrogens with zero attached hydrogens (tertiary/aromatic N) is 4. The van der Waals surface area contributed by atoms with Gasteiger partial charge in [-0.05, 0) is 87.6 Å². The van der Waals surface area contributed by atoms with Gasteiger partial charge in [0, 0.05) is 29.1 Å². The van der Waals surface area contributed by atoms with Crippen molar-refractivity contribution in [3.05, 3.63) is 69.2 Å². The van der Waals surface area contributed by atoms with E-state index in [1.807, 2.05) is 54.3 Å². The molecule has 0 radical (unpaired) electrons. The molecule has 0 spiro atoms. The smallest absolute Gasteiger partial charge is 0.288 e. The quantitative estimate of drug-likeness (QED) is 0.351. The zero-order valence-corrected chi connectivity index (χ0v) is 27.8. The largest absolute Gasteiger partial charge is 0.455 e. The van der Waals surface area contributed by atoms with Gasteiger partial charge >= 0.3 is 0 Å². The Hall–Kier alpha value is -2.66. The molecule has 2 aromatic carbocycles. The van der Waals surface area contributed by atoms with Gasteiger partial charge in [-0.3, -0.25) is 9.59 Å². The van der Waals surface area contributed by atoms with E-state index in [0.29, 0.717) is 37.1 Å². The number of amides is 2. The maximum atomic E-state index is 13.7. The topological polar surface area (TPSA) is 103 Å². The number of carbonyl (C=O) groups excluding carboxylic acids is 2. The number of likely N-dealkylation sites (tertiary alicyclic amines) is 1. The lowest BCUT2D eigenvalue weighted by Gasteiger charge is -2.41. The van der Waals surface area contributed by atoms with E-state index in [9.17, 15) is 9.59 Å². The van der Waals surface area contributed by atoms with Crippen molar-refractivity contribution in [3.8, 4) is 0 Å². The molecule has 3 aliphatic heterocycles. The highest BCUT2D eigenvalue weighted by atomic mass is 79.9. The molecule has 2 fully saturated rings. The molecule has 9 nitrogen and oxygen atoms in total. The van der Waals surface area contributed by atoms with Gasteiger partial charge < -0.3 is 30.5 Å². The van der Waals surface area contributed by atoms with Crippen LogP contribution in [0.1, 0.15) is 62.7 Å². The Morgan fingerprint density at radius 1 is 1.09 bits per heavy atom. The number of rotatable bonds is 10. The Labute approximate surface area is 274 Å². The lowest BCUT2D eigenvalue weighted by Crippen LogP contribution is -2.63. The number of ether oxygens (including phenoxy) is 1. The summed E-state index contributed by atoms with van der Waals surface area (Å²) in [6.45, 7) is 6.84. The van der Waals surface area contributed by atoms with Crippen molar-refractivity contribution >= 4 is 45.4 Å². The van der Waals surface area contributed by atoms with Crippen LogP contribution in [0.25, 0.3) is 0 Å². The second kappa shape index (κ2) is 15.6. The summed E-state index contributed by atoms with van der Waals surface area (Å²) in [5, 5.41) is 3.62. The van der Waals surface area contributed by atoms with Crippen molar-refractivity contribution in [2.45, 2.75) is 76.2 Å². The van der Waals surface area contributed by atoms with Crippen LogP contribution in [-0.2, 0) is 20.9 Å². The van der Waals surface area contributed by atoms with Crippen LogP contribution in [0.15, 0.2) is 58.0 Å². The van der Waals surface area contributed by atoms with Crippen LogP contribution in [0.3, 0.4) is 0 Å². The molecular weight excluding hydrogens is 644 g/mol. The maximum Gasteiger partial charge on any atom is 0.288 e. The summed E-state index contributed by atoms with van der Waals surface area (Å²) >= 11 is 9.70. The molecule has 0 aromatic heterocycles. The number of benzene rings is 2. The molecule has 2 amide bonds. The predicted molar refractivity (Wildman–Crippen MR) is 177 cm³/mol. The standard InChI is InChI=1S/C33H44BrClN6O3/c1-23-30(25-10-8-11-26(34)20-25)44-33(38-23)40-17-18-41(29(22-40)31(42)37-21-24-9-7-12-27(35)19-24)32(43)28(36)13-3-6-16-39-14-4-2-5-15-39/h7-12,19-20,23,28-30H,2-6,13-18,21-22,36H2,1H3,(H,37,42)/t23-,28?,29-,30+/m0/s1. The van der Waals surface area contributed by atoms with Gasteiger partial charge in [0.05, 0.1) is 18.6 Å². The minimum absolute atomic E-state index is 0.0903. The van der Waals surface area contributed by atoms with Crippen LogP contribution in [0.4, 0.5) is 0 Å². The van der Waals surface area contributed by atoms with Crippen LogP contribution in [0.5, 0.6) is 0 Å². The molecule has 0 bridgehead atoms. The molecular formula is C33H44BrClN6O3. The number of nitrogens with one attached hydrogen (secondary N) is 1. The molecule has 3 heterocycles. The SMILES string of the molecule is C[C@@H]1N=C(N2CCN(C(=O)C(N)CCCCN3CCCCC3)[C@H](C(=O)NCc3cccc(Cl)c3)C2)O[C@H]1c1cccc(Br)c1. The summed E-state index contributed by atoms with van der Waals surface area (Å²) in [5.74, 6) is -0.421. The van der Waals surface area contributed by atoms with Gasteiger partial charge in [-0.25, -0.2) is 4.99 Å². The fourth-order valence-corrected chi connectivity index (χ4v) is 6.92. The van der Waals surface area contributed by atoms with Crippen LogP contribution in [0, 0.1) is 0 Å². The second-order valence-electron chi connectivity index (χ2n) is 12.1. The molecule has 2 aromatic rings. The van der Waals surface area contributed by atoms with E-state index in [1.54, 1.807) is 11.0 Å². The van der Waals surface area contributed by atoms with Crippen molar-refractivity contribution in [2.24, 2.45) is 10.7 Å². The third-order valence-corrected chi connectivity index (χ3v) is 9.49. The molecule has 3 N–H and O–H groups in total. The number of aliphatic imine (C=N–C) groups is 1. The second-order valence-corrected chi connectivity index (χ2v) is 13.4. The zero-order valence-electron chi connectivity index (χ0n) is 25.5. The van der Waals surface area contributed by atoms with Gasteiger partial charge in [0.1, 0.15) is 12.1 Å². The Kier molecular flexibility index (Phi) is 11.6. The van der Waals surface area contributed by atoms with E-state index in [4.69, 9.17) is 27.1 Å². The van der Waals surface area contributed by atoms with Gasteiger partial charge in [0.15, 0.2) is 0 Å². The van der Waals surface area contributed by atoms with Crippen molar-refractivity contribution in [3.63, 3.8) is 0 Å². The number of amidine groups is 1. The number of carbonyl (C=O) groups is 2. The summed E-state index contributed by atoms with van der Waals surface area (Å²) in [6, 6.07) is 14.4. The number of piperazine rings is 1. The van der Waals surface area contributed by atoms with E-state index < -0.39 is 12.1 Å². The Balaban J connectivity index is 1.23. The lowest BCUT2D eigenvalue weighted by atomic mass is 10.0. The first-order valence-corrected chi connectivity index (χ1v) is 17.0. The first kappa shape index (κ1) is 32.7. The predicted octanol–water partition coefficient (Wildman–Crippen LogP) is 4.73. The maximum absolute atomic E-state index is 13.7. The van der Waals surface area contributed by atoms with E-state index in [0.717, 1.165) is 35.0 Å². The Morgan fingerprint density at radius 2 is 1.89 bits per heavy atom. The minimum Gasteiger partial charge on any atom is -0.455 e. The fraction of sp³-hybridized carbons (Fsp3) is 0.545. The molecule has 238 valence electrons. The lowest BCUT2D eigenvalue weighted by molar-refractivity contribution is -0.144. The van der Waals surface area contributed by atoms with Gasteiger partial charge in [0.25, 0.3) is 6.02 Å². The monoisotopic (exact) mass is 686 g/mol. The number of piperidine rings is 1. The number of unbranched alkanes of at least 4 members (excludes halogenated alkanes) is 1.